The van der Waals surface area contributed by atoms with Crippen molar-refractivity contribution in [3.63, 3.8) is 0 Å². The van der Waals surface area contributed by atoms with E-state index in [2.05, 4.69) is 0 Å². The van der Waals surface area contributed by atoms with Gasteiger partial charge >= 0.3 is 5.97 Å². The molecule has 1 aliphatic rings. The first-order chi connectivity index (χ1) is 8.63. The van der Waals surface area contributed by atoms with Crippen LogP contribution in [0.15, 0.2) is 0 Å². The minimum Gasteiger partial charge on any atom is -0.480 e. The standard InChI is InChI=1S/C12H21NO5/c1-17-6-4-13(8-12(15)16)11(14)7-10-3-2-5-18-9-10/h10H,2-9H2,1H3,(H,15,16)/t10-/m0/s1. The summed E-state index contributed by atoms with van der Waals surface area (Å²) >= 11 is 0. The van der Waals surface area contributed by atoms with Crippen LogP contribution in [0.2, 0.25) is 0 Å². The number of hydrogen-bond acceptors (Lipinski definition) is 4. The van der Waals surface area contributed by atoms with Gasteiger partial charge in [-0.15, -0.1) is 0 Å². The number of nitrogens with zero attached hydrogens (tertiary/aromatic N) is 1. The van der Waals surface area contributed by atoms with Crippen molar-refractivity contribution >= 4 is 11.9 Å². The van der Waals surface area contributed by atoms with Crippen LogP contribution in [0.1, 0.15) is 19.3 Å². The summed E-state index contributed by atoms with van der Waals surface area (Å²) in [5, 5.41) is 8.78. The molecule has 6 heteroatoms. The molecule has 18 heavy (non-hydrogen) atoms. The van der Waals surface area contributed by atoms with Crippen molar-refractivity contribution in [2.75, 3.05) is 40.0 Å². The second-order valence-electron chi connectivity index (χ2n) is 4.49. The number of aliphatic carboxylic acids is 1. The van der Waals surface area contributed by atoms with E-state index in [9.17, 15) is 9.59 Å². The number of carbonyl (C=O) groups excluding carboxylic acids is 1. The molecule has 0 radical (unpaired) electrons. The van der Waals surface area contributed by atoms with E-state index in [1.54, 1.807) is 0 Å². The first kappa shape index (κ1) is 14.9. The van der Waals surface area contributed by atoms with E-state index in [1.807, 2.05) is 0 Å². The van der Waals surface area contributed by atoms with Crippen LogP contribution < -0.4 is 0 Å². The van der Waals surface area contributed by atoms with Gasteiger partial charge in [0.25, 0.3) is 0 Å². The molecule has 0 aromatic heterocycles. The summed E-state index contributed by atoms with van der Waals surface area (Å²) in [6.45, 7) is 1.75. The van der Waals surface area contributed by atoms with Gasteiger partial charge in [-0.1, -0.05) is 0 Å². The molecule has 0 unspecified atom stereocenters. The first-order valence-electron chi connectivity index (χ1n) is 6.19. The zero-order valence-electron chi connectivity index (χ0n) is 10.8. The fraction of sp³-hybridized carbons (Fsp3) is 0.833. The van der Waals surface area contributed by atoms with Gasteiger partial charge in [-0.05, 0) is 18.8 Å². The summed E-state index contributed by atoms with van der Waals surface area (Å²) in [7, 11) is 1.53. The summed E-state index contributed by atoms with van der Waals surface area (Å²) in [5.41, 5.74) is 0. The normalized spacial score (nSPS) is 19.5. The van der Waals surface area contributed by atoms with Crippen LogP contribution >= 0.6 is 0 Å². The van der Waals surface area contributed by atoms with E-state index < -0.39 is 5.97 Å². The Hall–Kier alpha value is -1.14. The highest BCUT2D eigenvalue weighted by molar-refractivity contribution is 5.81. The minimum atomic E-state index is -1.00. The Morgan fingerprint density at radius 2 is 2.28 bits per heavy atom. The number of amides is 1. The average Bonchev–Trinajstić information content (AvgIpc) is 2.35. The fourth-order valence-corrected chi connectivity index (χ4v) is 2.00. The zero-order chi connectivity index (χ0) is 13.4. The second kappa shape index (κ2) is 8.05. The average molecular weight is 259 g/mol. The van der Waals surface area contributed by atoms with Gasteiger partial charge < -0.3 is 19.5 Å². The monoisotopic (exact) mass is 259 g/mol. The summed E-state index contributed by atoms with van der Waals surface area (Å²) in [5.74, 6) is -0.922. The fourth-order valence-electron chi connectivity index (χ4n) is 2.00. The van der Waals surface area contributed by atoms with Crippen molar-refractivity contribution in [2.24, 2.45) is 5.92 Å². The predicted octanol–water partition coefficient (Wildman–Crippen LogP) is 0.363. The highest BCUT2D eigenvalue weighted by Gasteiger charge is 2.22. The molecule has 1 heterocycles. The SMILES string of the molecule is COCCN(CC(=O)O)C(=O)C[C@@H]1CCCOC1. The molecular formula is C12H21NO5. The molecule has 0 aromatic carbocycles. The zero-order valence-corrected chi connectivity index (χ0v) is 10.8. The van der Waals surface area contributed by atoms with Crippen LogP contribution in [0.4, 0.5) is 0 Å². The number of carboxylic acid groups (broad SMARTS) is 1. The lowest BCUT2D eigenvalue weighted by Crippen LogP contribution is -2.39. The molecule has 0 aromatic rings. The molecule has 6 nitrogen and oxygen atoms in total. The highest BCUT2D eigenvalue weighted by Crippen LogP contribution is 2.18. The predicted molar refractivity (Wildman–Crippen MR) is 64.3 cm³/mol. The van der Waals surface area contributed by atoms with Gasteiger partial charge in [0.05, 0.1) is 6.61 Å². The Labute approximate surface area is 107 Å². The van der Waals surface area contributed by atoms with Crippen molar-refractivity contribution in [1.29, 1.82) is 0 Å². The molecule has 1 atom stereocenters. The van der Waals surface area contributed by atoms with Gasteiger partial charge in [-0.25, -0.2) is 0 Å². The number of hydrogen-bond donors (Lipinski definition) is 1. The smallest absolute Gasteiger partial charge is 0.323 e. The van der Waals surface area contributed by atoms with Gasteiger partial charge in [0.1, 0.15) is 6.54 Å². The van der Waals surface area contributed by atoms with Crippen LogP contribution in [-0.4, -0.2) is 61.9 Å². The van der Waals surface area contributed by atoms with Gasteiger partial charge in [-0.2, -0.15) is 0 Å². The van der Waals surface area contributed by atoms with E-state index in [0.29, 0.717) is 26.2 Å². The summed E-state index contributed by atoms with van der Waals surface area (Å²) in [6, 6.07) is 0. The number of carboxylic acids is 1. The number of methoxy groups -OCH3 is 1. The van der Waals surface area contributed by atoms with Crippen molar-refractivity contribution < 1.29 is 24.2 Å². The van der Waals surface area contributed by atoms with E-state index in [-0.39, 0.29) is 18.4 Å². The number of ether oxygens (including phenoxy) is 2. The van der Waals surface area contributed by atoms with Gasteiger partial charge in [0.15, 0.2) is 0 Å². The van der Waals surface area contributed by atoms with Gasteiger partial charge in [0.2, 0.25) is 5.91 Å². The topological polar surface area (TPSA) is 76.1 Å². The van der Waals surface area contributed by atoms with Gasteiger partial charge in [0, 0.05) is 33.3 Å². The molecule has 0 bridgehead atoms. The van der Waals surface area contributed by atoms with Crippen LogP contribution in [-0.2, 0) is 19.1 Å². The third kappa shape index (κ3) is 5.46. The first-order valence-corrected chi connectivity index (χ1v) is 6.19. The van der Waals surface area contributed by atoms with Gasteiger partial charge in [-0.3, -0.25) is 9.59 Å². The number of rotatable bonds is 7. The maximum atomic E-state index is 12.0. The second-order valence-corrected chi connectivity index (χ2v) is 4.49. The Bertz CT molecular complexity index is 276. The minimum absolute atomic E-state index is 0.134. The largest absolute Gasteiger partial charge is 0.480 e. The van der Waals surface area contributed by atoms with Crippen molar-refractivity contribution in [1.82, 2.24) is 4.90 Å². The van der Waals surface area contributed by atoms with E-state index in [1.165, 1.54) is 12.0 Å². The van der Waals surface area contributed by atoms with Crippen LogP contribution in [0, 0.1) is 5.92 Å². The molecule has 1 saturated heterocycles. The van der Waals surface area contributed by atoms with Crippen LogP contribution in [0.3, 0.4) is 0 Å². The number of carbonyl (C=O) groups is 2. The lowest BCUT2D eigenvalue weighted by Gasteiger charge is -2.25. The molecule has 1 rings (SSSR count). The summed E-state index contributed by atoms with van der Waals surface area (Å²) < 4.78 is 10.2. The van der Waals surface area contributed by atoms with Crippen molar-refractivity contribution in [3.05, 3.63) is 0 Å². The lowest BCUT2D eigenvalue weighted by molar-refractivity contribution is -0.145. The summed E-state index contributed by atoms with van der Waals surface area (Å²) in [6.07, 6.45) is 2.29. The van der Waals surface area contributed by atoms with Crippen LogP contribution in [0.25, 0.3) is 0 Å². The molecule has 0 saturated carbocycles. The van der Waals surface area contributed by atoms with E-state index in [4.69, 9.17) is 14.6 Å². The maximum Gasteiger partial charge on any atom is 0.323 e. The Morgan fingerprint density at radius 1 is 1.50 bits per heavy atom. The third-order valence-corrected chi connectivity index (χ3v) is 2.96. The highest BCUT2D eigenvalue weighted by atomic mass is 16.5. The molecule has 104 valence electrons. The molecule has 1 fully saturated rings. The van der Waals surface area contributed by atoms with E-state index in [0.717, 1.165) is 19.4 Å². The lowest BCUT2D eigenvalue weighted by atomic mass is 9.98. The molecule has 0 aliphatic carbocycles. The molecule has 1 amide bonds. The molecule has 0 spiro atoms. The van der Waals surface area contributed by atoms with Crippen LogP contribution in [0.5, 0.6) is 0 Å². The van der Waals surface area contributed by atoms with Crippen molar-refractivity contribution in [2.45, 2.75) is 19.3 Å². The van der Waals surface area contributed by atoms with E-state index >= 15 is 0 Å². The molecule has 1 aliphatic heterocycles. The van der Waals surface area contributed by atoms with Crippen molar-refractivity contribution in [3.8, 4) is 0 Å². The Balaban J connectivity index is 2.43. The quantitative estimate of drug-likeness (QED) is 0.714. The maximum absolute atomic E-state index is 12.0. The molecular weight excluding hydrogens is 238 g/mol. The Morgan fingerprint density at radius 3 is 2.83 bits per heavy atom. The third-order valence-electron chi connectivity index (χ3n) is 2.96. The molecule has 1 N–H and O–H groups in total. The summed E-state index contributed by atoms with van der Waals surface area (Å²) in [4.78, 5) is 24.0. The Kier molecular flexibility index (Phi) is 6.67.